The van der Waals surface area contributed by atoms with Crippen LogP contribution in [-0.4, -0.2) is 48.0 Å². The number of amides is 1. The number of aromatic nitrogens is 1. The maximum atomic E-state index is 13.2. The lowest BCUT2D eigenvalue weighted by Crippen LogP contribution is -2.54. The van der Waals surface area contributed by atoms with Crippen LogP contribution in [0.15, 0.2) is 30.5 Å². The van der Waals surface area contributed by atoms with Crippen molar-refractivity contribution in [2.24, 2.45) is 17.1 Å². The number of hydrogen-bond acceptors (Lipinski definition) is 4. The van der Waals surface area contributed by atoms with Gasteiger partial charge in [-0.05, 0) is 24.5 Å². The van der Waals surface area contributed by atoms with E-state index in [4.69, 9.17) is 5.73 Å². The summed E-state index contributed by atoms with van der Waals surface area (Å²) in [5.41, 5.74) is 4.70. The van der Waals surface area contributed by atoms with Crippen LogP contribution in [0.4, 0.5) is 19.0 Å². The fourth-order valence-electron chi connectivity index (χ4n) is 3.86. The smallest absolute Gasteiger partial charge is 0.353 e. The number of rotatable bonds is 3. The van der Waals surface area contributed by atoms with Crippen molar-refractivity contribution in [2.75, 3.05) is 31.1 Å². The predicted molar refractivity (Wildman–Crippen MR) is 97.0 cm³/mol. The molecule has 148 valence electrons. The number of halogens is 3. The van der Waals surface area contributed by atoms with Gasteiger partial charge in [-0.25, -0.2) is 4.98 Å². The minimum absolute atomic E-state index is 0.0540. The molecule has 1 saturated heterocycles. The van der Waals surface area contributed by atoms with Crippen molar-refractivity contribution < 1.29 is 18.0 Å². The molecule has 1 aromatic heterocycles. The third-order valence-electron chi connectivity index (χ3n) is 5.61. The second-order valence-electron chi connectivity index (χ2n) is 7.60. The zero-order valence-corrected chi connectivity index (χ0v) is 15.5. The Morgan fingerprint density at radius 1 is 1.30 bits per heavy atom. The molecule has 1 aliphatic carbocycles. The maximum absolute atomic E-state index is 13.2. The van der Waals surface area contributed by atoms with Crippen LogP contribution >= 0.6 is 0 Å². The predicted octanol–water partition coefficient (Wildman–Crippen LogP) is 2.68. The molecule has 0 bridgehead atoms. The third-order valence-corrected chi connectivity index (χ3v) is 5.61. The van der Waals surface area contributed by atoms with Crippen LogP contribution in [0.1, 0.15) is 25.8 Å². The first kappa shape index (κ1) is 19.7. The maximum Gasteiger partial charge on any atom is 0.416 e. The number of alkyl halides is 3. The Kier molecular flexibility index (Phi) is 5.20. The summed E-state index contributed by atoms with van der Waals surface area (Å²) < 4.78 is 38.7. The third kappa shape index (κ3) is 3.81. The molecule has 0 aromatic carbocycles. The normalized spacial score (nSPS) is 26.1. The number of nitrogens with zero attached hydrogens (tertiary/aromatic N) is 3. The largest absolute Gasteiger partial charge is 0.416 e. The number of piperazine rings is 1. The van der Waals surface area contributed by atoms with Crippen LogP contribution in [0.5, 0.6) is 0 Å². The van der Waals surface area contributed by atoms with Gasteiger partial charge in [0, 0.05) is 38.4 Å². The number of carbonyl (C=O) groups excluding carboxylic acids is 1. The van der Waals surface area contributed by atoms with E-state index in [2.05, 4.69) is 4.98 Å². The van der Waals surface area contributed by atoms with E-state index in [1.54, 1.807) is 9.80 Å². The lowest BCUT2D eigenvalue weighted by Gasteiger charge is -2.41. The molecule has 2 N–H and O–H groups in total. The SMILES string of the molecule is CC(C)C1(C(=O)N2CCN(c3cc(C(F)(F)F)ccn3)CC2)C=CC(N)C1. The molecular formula is C19H25F3N4O. The van der Waals surface area contributed by atoms with Gasteiger partial charge in [-0.2, -0.15) is 13.2 Å². The second-order valence-corrected chi connectivity index (χ2v) is 7.60. The fraction of sp³-hybridized carbons (Fsp3) is 0.579. The average Bonchev–Trinajstić information content (AvgIpc) is 3.04. The van der Waals surface area contributed by atoms with Crippen LogP contribution in [0.2, 0.25) is 0 Å². The number of pyridine rings is 1. The molecule has 8 heteroatoms. The molecule has 0 radical (unpaired) electrons. The minimum atomic E-state index is -4.40. The molecule has 1 amide bonds. The van der Waals surface area contributed by atoms with Crippen molar-refractivity contribution in [3.8, 4) is 0 Å². The standard InChI is InChI=1S/C19H25F3N4O/c1-13(2)18(5-3-15(23)12-18)17(27)26-9-7-25(8-10-26)16-11-14(4-6-24-16)19(20,21)22/h3-6,11,13,15H,7-10,12,23H2,1-2H3. The van der Waals surface area contributed by atoms with Gasteiger partial charge < -0.3 is 15.5 Å². The Labute approximate surface area is 157 Å². The molecule has 5 nitrogen and oxygen atoms in total. The molecule has 2 unspecified atom stereocenters. The average molecular weight is 382 g/mol. The summed E-state index contributed by atoms with van der Waals surface area (Å²) >= 11 is 0. The van der Waals surface area contributed by atoms with Crippen molar-refractivity contribution in [3.05, 3.63) is 36.0 Å². The minimum Gasteiger partial charge on any atom is -0.353 e. The van der Waals surface area contributed by atoms with E-state index < -0.39 is 17.2 Å². The second kappa shape index (κ2) is 7.14. The summed E-state index contributed by atoms with van der Waals surface area (Å²) in [5, 5.41) is 0. The van der Waals surface area contributed by atoms with Gasteiger partial charge in [-0.3, -0.25) is 4.79 Å². The summed E-state index contributed by atoms with van der Waals surface area (Å²) in [5.74, 6) is 0.467. The van der Waals surface area contributed by atoms with E-state index in [1.807, 2.05) is 26.0 Å². The summed E-state index contributed by atoms with van der Waals surface area (Å²) in [6.07, 6.45) is 1.20. The molecule has 0 saturated carbocycles. The topological polar surface area (TPSA) is 62.5 Å². The molecule has 2 atom stereocenters. The van der Waals surface area contributed by atoms with E-state index in [0.717, 1.165) is 12.1 Å². The van der Waals surface area contributed by atoms with Gasteiger partial charge in [0.25, 0.3) is 0 Å². The molecule has 1 aliphatic heterocycles. The highest BCUT2D eigenvalue weighted by molar-refractivity contribution is 5.86. The first-order chi connectivity index (χ1) is 12.6. The number of anilines is 1. The summed E-state index contributed by atoms with van der Waals surface area (Å²) in [6.45, 7) is 5.84. The lowest BCUT2D eigenvalue weighted by molar-refractivity contribution is -0.142. The molecule has 1 aromatic rings. The van der Waals surface area contributed by atoms with E-state index in [0.29, 0.717) is 38.4 Å². The van der Waals surface area contributed by atoms with Crippen LogP contribution in [0, 0.1) is 11.3 Å². The molecule has 0 spiro atoms. The van der Waals surface area contributed by atoms with E-state index in [9.17, 15) is 18.0 Å². The highest BCUT2D eigenvalue weighted by Gasteiger charge is 2.45. The molecule has 2 heterocycles. The molecule has 1 fully saturated rings. The van der Waals surface area contributed by atoms with Gasteiger partial charge in [-0.1, -0.05) is 26.0 Å². The Morgan fingerprint density at radius 2 is 1.96 bits per heavy atom. The van der Waals surface area contributed by atoms with Gasteiger partial charge in [0.05, 0.1) is 11.0 Å². The Morgan fingerprint density at radius 3 is 2.48 bits per heavy atom. The molecule has 3 rings (SSSR count). The van der Waals surface area contributed by atoms with Crippen LogP contribution in [0.25, 0.3) is 0 Å². The van der Waals surface area contributed by atoms with Crippen molar-refractivity contribution in [1.82, 2.24) is 9.88 Å². The Hall–Kier alpha value is -2.09. The van der Waals surface area contributed by atoms with Gasteiger partial charge in [0.2, 0.25) is 5.91 Å². The Bertz CT molecular complexity index is 726. The van der Waals surface area contributed by atoms with Gasteiger partial charge in [0.15, 0.2) is 0 Å². The molecular weight excluding hydrogens is 357 g/mol. The summed E-state index contributed by atoms with van der Waals surface area (Å²) in [7, 11) is 0. The fourth-order valence-corrected chi connectivity index (χ4v) is 3.86. The lowest BCUT2D eigenvalue weighted by atomic mass is 9.75. The van der Waals surface area contributed by atoms with Crippen molar-refractivity contribution in [1.29, 1.82) is 0 Å². The molecule has 27 heavy (non-hydrogen) atoms. The van der Waals surface area contributed by atoms with E-state index in [1.165, 1.54) is 6.20 Å². The Balaban J connectivity index is 1.69. The van der Waals surface area contributed by atoms with Crippen molar-refractivity contribution in [3.63, 3.8) is 0 Å². The van der Waals surface area contributed by atoms with Crippen LogP contribution < -0.4 is 10.6 Å². The summed E-state index contributed by atoms with van der Waals surface area (Å²) in [4.78, 5) is 20.8. The highest BCUT2D eigenvalue weighted by Crippen LogP contribution is 2.41. The zero-order valence-electron chi connectivity index (χ0n) is 15.5. The van der Waals surface area contributed by atoms with Crippen molar-refractivity contribution in [2.45, 2.75) is 32.5 Å². The van der Waals surface area contributed by atoms with E-state index >= 15 is 0 Å². The summed E-state index contributed by atoms with van der Waals surface area (Å²) in [6, 6.07) is 1.91. The van der Waals surface area contributed by atoms with Gasteiger partial charge in [0.1, 0.15) is 5.82 Å². The zero-order chi connectivity index (χ0) is 19.8. The molecule has 2 aliphatic rings. The van der Waals surface area contributed by atoms with E-state index in [-0.39, 0.29) is 17.9 Å². The van der Waals surface area contributed by atoms with Gasteiger partial charge >= 0.3 is 6.18 Å². The number of nitrogens with two attached hydrogens (primary N) is 1. The monoisotopic (exact) mass is 382 g/mol. The number of hydrogen-bond donors (Lipinski definition) is 1. The quantitative estimate of drug-likeness (QED) is 0.817. The van der Waals surface area contributed by atoms with Gasteiger partial charge in [-0.15, -0.1) is 0 Å². The first-order valence-electron chi connectivity index (χ1n) is 9.16. The number of carbonyl (C=O) groups is 1. The first-order valence-corrected chi connectivity index (χ1v) is 9.16. The van der Waals surface area contributed by atoms with Crippen molar-refractivity contribution >= 4 is 11.7 Å². The highest BCUT2D eigenvalue weighted by atomic mass is 19.4. The van der Waals surface area contributed by atoms with Crippen LogP contribution in [0.3, 0.4) is 0 Å². The van der Waals surface area contributed by atoms with Crippen LogP contribution in [-0.2, 0) is 11.0 Å².